The lowest BCUT2D eigenvalue weighted by molar-refractivity contribution is -0.111. The van der Waals surface area contributed by atoms with Crippen LogP contribution in [0.2, 0.25) is 0 Å². The summed E-state index contributed by atoms with van der Waals surface area (Å²) in [6.45, 7) is 0. The van der Waals surface area contributed by atoms with Gasteiger partial charge in [0.15, 0.2) is 0 Å². The SMILES string of the molecule is CNS(=O)(=O)c1ccc(NC(=O)/C=C/c2cccc(OC)c2)cc1. The Morgan fingerprint density at radius 1 is 1.12 bits per heavy atom. The number of benzene rings is 2. The molecule has 2 aromatic carbocycles. The minimum Gasteiger partial charge on any atom is -0.497 e. The normalized spacial score (nSPS) is 11.4. The monoisotopic (exact) mass is 346 g/mol. The Morgan fingerprint density at radius 2 is 1.83 bits per heavy atom. The second-order valence-electron chi connectivity index (χ2n) is 4.83. The number of hydrogen-bond acceptors (Lipinski definition) is 4. The molecule has 0 aliphatic rings. The second kappa shape index (κ2) is 7.76. The second-order valence-corrected chi connectivity index (χ2v) is 6.72. The van der Waals surface area contributed by atoms with Crippen molar-refractivity contribution in [1.29, 1.82) is 0 Å². The van der Waals surface area contributed by atoms with Crippen LogP contribution in [0.3, 0.4) is 0 Å². The van der Waals surface area contributed by atoms with E-state index in [0.29, 0.717) is 11.4 Å². The van der Waals surface area contributed by atoms with Crippen LogP contribution < -0.4 is 14.8 Å². The summed E-state index contributed by atoms with van der Waals surface area (Å²) in [5.41, 5.74) is 1.34. The van der Waals surface area contributed by atoms with Gasteiger partial charge in [-0.25, -0.2) is 13.1 Å². The molecular formula is C17H18N2O4S. The molecule has 0 atom stereocenters. The number of rotatable bonds is 6. The van der Waals surface area contributed by atoms with Crippen molar-refractivity contribution in [2.24, 2.45) is 0 Å². The lowest BCUT2D eigenvalue weighted by Gasteiger charge is -2.05. The molecule has 0 saturated carbocycles. The smallest absolute Gasteiger partial charge is 0.248 e. The fourth-order valence-corrected chi connectivity index (χ4v) is 2.67. The van der Waals surface area contributed by atoms with Gasteiger partial charge in [-0.3, -0.25) is 4.79 Å². The third-order valence-corrected chi connectivity index (χ3v) is 4.65. The molecule has 0 unspecified atom stereocenters. The van der Waals surface area contributed by atoms with Gasteiger partial charge in [0.2, 0.25) is 15.9 Å². The van der Waals surface area contributed by atoms with Crippen molar-refractivity contribution in [3.8, 4) is 5.75 Å². The molecule has 6 nitrogen and oxygen atoms in total. The Hall–Kier alpha value is -2.64. The summed E-state index contributed by atoms with van der Waals surface area (Å²) in [5.74, 6) is 0.390. The molecule has 2 aromatic rings. The van der Waals surface area contributed by atoms with Gasteiger partial charge >= 0.3 is 0 Å². The highest BCUT2D eigenvalue weighted by Gasteiger charge is 2.10. The van der Waals surface area contributed by atoms with E-state index in [9.17, 15) is 13.2 Å². The maximum absolute atomic E-state index is 11.9. The first kappa shape index (κ1) is 17.7. The zero-order chi connectivity index (χ0) is 17.6. The van der Waals surface area contributed by atoms with E-state index in [1.165, 1.54) is 37.4 Å². The van der Waals surface area contributed by atoms with E-state index in [0.717, 1.165) is 5.56 Å². The molecule has 0 fully saturated rings. The molecule has 0 saturated heterocycles. The summed E-state index contributed by atoms with van der Waals surface area (Å²) in [7, 11) is -0.566. The molecule has 2 rings (SSSR count). The number of carbonyl (C=O) groups excluding carboxylic acids is 1. The van der Waals surface area contributed by atoms with Crippen LogP contribution in [0.25, 0.3) is 6.08 Å². The van der Waals surface area contributed by atoms with Crippen molar-refractivity contribution in [3.63, 3.8) is 0 Å². The van der Waals surface area contributed by atoms with E-state index in [1.54, 1.807) is 19.3 Å². The van der Waals surface area contributed by atoms with Crippen LogP contribution in [0.4, 0.5) is 5.69 Å². The standard InChI is InChI=1S/C17H18N2O4S/c1-18-24(21,22)16-9-7-14(8-10-16)19-17(20)11-6-13-4-3-5-15(12-13)23-2/h3-12,18H,1-2H3,(H,19,20)/b11-6+. The summed E-state index contributed by atoms with van der Waals surface area (Å²) < 4.78 is 30.6. The molecule has 0 spiro atoms. The molecule has 126 valence electrons. The molecule has 1 amide bonds. The highest BCUT2D eigenvalue weighted by atomic mass is 32.2. The van der Waals surface area contributed by atoms with E-state index < -0.39 is 10.0 Å². The Labute approximate surface area is 141 Å². The van der Waals surface area contributed by atoms with Crippen LogP contribution in [0.15, 0.2) is 59.5 Å². The first-order valence-electron chi connectivity index (χ1n) is 7.11. The molecule has 0 bridgehead atoms. The van der Waals surface area contributed by atoms with Crippen LogP contribution in [0, 0.1) is 0 Å². The summed E-state index contributed by atoms with van der Waals surface area (Å²) in [5, 5.41) is 2.67. The van der Waals surface area contributed by atoms with Gasteiger partial charge in [-0.05, 0) is 55.1 Å². The summed E-state index contributed by atoms with van der Waals surface area (Å²) in [6.07, 6.45) is 3.06. The molecule has 0 heterocycles. The minimum atomic E-state index is -3.48. The average Bonchev–Trinajstić information content (AvgIpc) is 2.60. The van der Waals surface area contributed by atoms with Gasteiger partial charge < -0.3 is 10.1 Å². The van der Waals surface area contributed by atoms with Crippen molar-refractivity contribution in [2.45, 2.75) is 4.90 Å². The highest BCUT2D eigenvalue weighted by molar-refractivity contribution is 7.89. The van der Waals surface area contributed by atoms with E-state index in [4.69, 9.17) is 4.74 Å². The number of ether oxygens (including phenoxy) is 1. The van der Waals surface area contributed by atoms with Crippen molar-refractivity contribution in [2.75, 3.05) is 19.5 Å². The molecular weight excluding hydrogens is 328 g/mol. The van der Waals surface area contributed by atoms with Crippen molar-refractivity contribution < 1.29 is 17.9 Å². The zero-order valence-electron chi connectivity index (χ0n) is 13.3. The summed E-state index contributed by atoms with van der Waals surface area (Å²) in [6, 6.07) is 13.2. The molecule has 0 aliphatic heterocycles. The Morgan fingerprint density at radius 3 is 2.46 bits per heavy atom. The number of hydrogen-bond donors (Lipinski definition) is 2. The van der Waals surface area contributed by atoms with Crippen LogP contribution in [0.5, 0.6) is 5.75 Å². The van der Waals surface area contributed by atoms with Crippen LogP contribution in [-0.2, 0) is 14.8 Å². The van der Waals surface area contributed by atoms with E-state index in [2.05, 4.69) is 10.0 Å². The van der Waals surface area contributed by atoms with Gasteiger partial charge in [0.25, 0.3) is 0 Å². The van der Waals surface area contributed by atoms with Gasteiger partial charge in [0.1, 0.15) is 5.75 Å². The van der Waals surface area contributed by atoms with Crippen molar-refractivity contribution >= 4 is 27.7 Å². The Kier molecular flexibility index (Phi) is 5.73. The number of methoxy groups -OCH3 is 1. The number of carbonyl (C=O) groups is 1. The van der Waals surface area contributed by atoms with E-state index >= 15 is 0 Å². The molecule has 0 radical (unpaired) electrons. The summed E-state index contributed by atoms with van der Waals surface area (Å²) >= 11 is 0. The van der Waals surface area contributed by atoms with Crippen LogP contribution in [-0.4, -0.2) is 28.5 Å². The van der Waals surface area contributed by atoms with Gasteiger partial charge in [-0.15, -0.1) is 0 Å². The number of nitrogens with one attached hydrogen (secondary N) is 2. The number of amides is 1. The fraction of sp³-hybridized carbons (Fsp3) is 0.118. The lowest BCUT2D eigenvalue weighted by atomic mass is 10.2. The van der Waals surface area contributed by atoms with Crippen molar-refractivity contribution in [3.05, 3.63) is 60.2 Å². The first-order valence-corrected chi connectivity index (χ1v) is 8.59. The molecule has 0 aliphatic carbocycles. The Bertz CT molecular complexity index is 843. The average molecular weight is 346 g/mol. The fourth-order valence-electron chi connectivity index (χ4n) is 1.94. The third kappa shape index (κ3) is 4.68. The molecule has 24 heavy (non-hydrogen) atoms. The summed E-state index contributed by atoms with van der Waals surface area (Å²) in [4.78, 5) is 12.1. The quantitative estimate of drug-likeness (QED) is 0.786. The molecule has 7 heteroatoms. The zero-order valence-corrected chi connectivity index (χ0v) is 14.1. The minimum absolute atomic E-state index is 0.134. The van der Waals surface area contributed by atoms with Crippen molar-refractivity contribution in [1.82, 2.24) is 4.72 Å². The van der Waals surface area contributed by atoms with E-state index in [-0.39, 0.29) is 10.8 Å². The number of anilines is 1. The van der Waals surface area contributed by atoms with Crippen LogP contribution >= 0.6 is 0 Å². The largest absolute Gasteiger partial charge is 0.497 e. The maximum atomic E-state index is 11.9. The highest BCUT2D eigenvalue weighted by Crippen LogP contribution is 2.15. The third-order valence-electron chi connectivity index (χ3n) is 3.22. The topological polar surface area (TPSA) is 84.5 Å². The molecule has 2 N–H and O–H groups in total. The van der Waals surface area contributed by atoms with Gasteiger partial charge in [-0.1, -0.05) is 12.1 Å². The molecule has 0 aromatic heterocycles. The Balaban J connectivity index is 2.03. The van der Waals surface area contributed by atoms with E-state index in [1.807, 2.05) is 18.2 Å². The first-order chi connectivity index (χ1) is 11.4. The van der Waals surface area contributed by atoms with Gasteiger partial charge in [0, 0.05) is 11.8 Å². The number of sulfonamides is 1. The maximum Gasteiger partial charge on any atom is 0.248 e. The van der Waals surface area contributed by atoms with Gasteiger partial charge in [-0.2, -0.15) is 0 Å². The van der Waals surface area contributed by atoms with Crippen LogP contribution in [0.1, 0.15) is 5.56 Å². The predicted octanol–water partition coefficient (Wildman–Crippen LogP) is 2.26. The van der Waals surface area contributed by atoms with Gasteiger partial charge in [0.05, 0.1) is 12.0 Å². The lowest BCUT2D eigenvalue weighted by Crippen LogP contribution is -2.18. The predicted molar refractivity (Wildman–Crippen MR) is 93.3 cm³/mol.